The van der Waals surface area contributed by atoms with E-state index in [2.05, 4.69) is 46.4 Å². The predicted octanol–water partition coefficient (Wildman–Crippen LogP) is 3.60. The molecule has 26 heavy (non-hydrogen) atoms. The number of carbonyl (C=O) groups is 1. The highest BCUT2D eigenvalue weighted by molar-refractivity contribution is 6.08. The molecule has 0 N–H and O–H groups in total. The normalized spacial score (nSPS) is 14.7. The fraction of sp³-hybridized carbons (Fsp3) is 0.300. The van der Waals surface area contributed by atoms with E-state index >= 15 is 0 Å². The second-order valence-electron chi connectivity index (χ2n) is 6.47. The Morgan fingerprint density at radius 3 is 2.69 bits per heavy atom. The largest absolute Gasteiger partial charge is 0.273 e. The van der Waals surface area contributed by atoms with E-state index in [1.165, 1.54) is 23.4 Å². The molecule has 3 heterocycles. The second kappa shape index (κ2) is 7.07. The summed E-state index contributed by atoms with van der Waals surface area (Å²) >= 11 is 0. The topological polar surface area (TPSA) is 62.9 Å². The lowest BCUT2D eigenvalue weighted by Crippen LogP contribution is -2.32. The zero-order chi connectivity index (χ0) is 17.9. The number of fused-ring (bicyclic) bond motifs is 1. The Kier molecular flexibility index (Phi) is 4.48. The predicted molar refractivity (Wildman–Crippen MR) is 101 cm³/mol. The molecule has 1 aliphatic rings. The standard InChI is InChI=1S/C20H21N5O/c1-2-3-6-15-8-10-16(11-9-15)17-12-13-19(26)25(22-17)20-21-18-7-4-5-14-24(18)23-20/h4-5,7-11,14H,2-3,6,12-13H2,1H3. The summed E-state index contributed by atoms with van der Waals surface area (Å²) in [4.78, 5) is 16.8. The molecule has 0 radical (unpaired) electrons. The highest BCUT2D eigenvalue weighted by Crippen LogP contribution is 2.21. The molecule has 1 aromatic carbocycles. The number of benzene rings is 1. The van der Waals surface area contributed by atoms with Crippen LogP contribution in [0, 0.1) is 0 Å². The first-order valence-electron chi connectivity index (χ1n) is 9.06. The van der Waals surface area contributed by atoms with E-state index in [1.807, 2.05) is 18.2 Å². The van der Waals surface area contributed by atoms with Crippen LogP contribution in [0.25, 0.3) is 5.65 Å². The fourth-order valence-corrected chi connectivity index (χ4v) is 3.07. The van der Waals surface area contributed by atoms with Crippen molar-refractivity contribution in [3.63, 3.8) is 0 Å². The molecule has 1 amide bonds. The molecule has 2 aromatic heterocycles. The Bertz CT molecular complexity index is 925. The number of unbranched alkanes of at least 4 members (excludes halogenated alkanes) is 1. The molecule has 132 valence electrons. The fourth-order valence-electron chi connectivity index (χ4n) is 3.07. The Morgan fingerprint density at radius 2 is 1.92 bits per heavy atom. The first kappa shape index (κ1) is 16.4. The molecular weight excluding hydrogens is 326 g/mol. The molecule has 0 bridgehead atoms. The monoisotopic (exact) mass is 347 g/mol. The number of anilines is 1. The summed E-state index contributed by atoms with van der Waals surface area (Å²) < 4.78 is 1.65. The van der Waals surface area contributed by atoms with E-state index in [0.29, 0.717) is 24.4 Å². The van der Waals surface area contributed by atoms with Gasteiger partial charge in [-0.2, -0.15) is 15.1 Å². The van der Waals surface area contributed by atoms with Crippen molar-refractivity contribution in [3.05, 3.63) is 59.8 Å². The van der Waals surface area contributed by atoms with Crippen LogP contribution in [0.1, 0.15) is 43.7 Å². The van der Waals surface area contributed by atoms with Gasteiger partial charge in [0.2, 0.25) is 0 Å². The van der Waals surface area contributed by atoms with E-state index < -0.39 is 0 Å². The summed E-state index contributed by atoms with van der Waals surface area (Å²) in [6.45, 7) is 2.20. The summed E-state index contributed by atoms with van der Waals surface area (Å²) in [5.74, 6) is 0.238. The average Bonchev–Trinajstić information content (AvgIpc) is 3.11. The smallest absolute Gasteiger partial charge is 0.272 e. The van der Waals surface area contributed by atoms with Gasteiger partial charge in [0.25, 0.3) is 11.9 Å². The lowest BCUT2D eigenvalue weighted by molar-refractivity contribution is -0.118. The minimum absolute atomic E-state index is 0.0794. The number of nitrogens with zero attached hydrogens (tertiary/aromatic N) is 5. The van der Waals surface area contributed by atoms with E-state index in [4.69, 9.17) is 0 Å². The molecule has 0 atom stereocenters. The lowest BCUT2D eigenvalue weighted by atomic mass is 10.0. The number of pyridine rings is 1. The van der Waals surface area contributed by atoms with E-state index in [0.717, 1.165) is 17.7 Å². The number of aryl methyl sites for hydroxylation is 1. The van der Waals surface area contributed by atoms with Crippen LogP contribution in [-0.4, -0.2) is 26.2 Å². The van der Waals surface area contributed by atoms with Crippen LogP contribution in [0.5, 0.6) is 0 Å². The summed E-state index contributed by atoms with van der Waals surface area (Å²) in [5, 5.41) is 10.2. The van der Waals surface area contributed by atoms with Crippen LogP contribution in [0.4, 0.5) is 5.95 Å². The number of hydrazone groups is 1. The highest BCUT2D eigenvalue weighted by atomic mass is 16.2. The molecule has 1 aliphatic heterocycles. The van der Waals surface area contributed by atoms with Crippen molar-refractivity contribution in [1.82, 2.24) is 14.6 Å². The minimum atomic E-state index is -0.0794. The summed E-state index contributed by atoms with van der Waals surface area (Å²) in [5.41, 5.74) is 3.97. The van der Waals surface area contributed by atoms with Gasteiger partial charge in [-0.05, 0) is 36.1 Å². The van der Waals surface area contributed by atoms with Gasteiger partial charge in [-0.25, -0.2) is 4.52 Å². The summed E-state index contributed by atoms with van der Waals surface area (Å²) in [7, 11) is 0. The molecule has 0 fully saturated rings. The molecular formula is C20H21N5O. The SMILES string of the molecule is CCCCc1ccc(C2=NN(c3nc4ccccn4n3)C(=O)CC2)cc1. The lowest BCUT2D eigenvalue weighted by Gasteiger charge is -2.20. The van der Waals surface area contributed by atoms with Crippen molar-refractivity contribution < 1.29 is 4.79 Å². The number of carbonyl (C=O) groups excluding carboxylic acids is 1. The average molecular weight is 347 g/mol. The number of amides is 1. The summed E-state index contributed by atoms with van der Waals surface area (Å²) in [6, 6.07) is 14.1. The van der Waals surface area contributed by atoms with E-state index in [-0.39, 0.29) is 5.91 Å². The maximum atomic E-state index is 12.4. The van der Waals surface area contributed by atoms with Gasteiger partial charge >= 0.3 is 0 Å². The van der Waals surface area contributed by atoms with Crippen LogP contribution >= 0.6 is 0 Å². The maximum Gasteiger partial charge on any atom is 0.273 e. The first-order valence-corrected chi connectivity index (χ1v) is 9.06. The van der Waals surface area contributed by atoms with Crippen LogP contribution in [0.2, 0.25) is 0 Å². The molecule has 6 heteroatoms. The molecule has 0 spiro atoms. The zero-order valence-corrected chi connectivity index (χ0v) is 14.8. The third kappa shape index (κ3) is 3.22. The molecule has 0 saturated heterocycles. The molecule has 0 saturated carbocycles. The molecule has 0 unspecified atom stereocenters. The quantitative estimate of drug-likeness (QED) is 0.708. The Labute approximate surface area is 152 Å². The van der Waals surface area contributed by atoms with Crippen molar-refractivity contribution in [1.29, 1.82) is 0 Å². The molecule has 6 nitrogen and oxygen atoms in total. The van der Waals surface area contributed by atoms with Crippen molar-refractivity contribution in [2.45, 2.75) is 39.0 Å². The van der Waals surface area contributed by atoms with E-state index in [9.17, 15) is 4.79 Å². The number of hydrogen-bond acceptors (Lipinski definition) is 4. The van der Waals surface area contributed by atoms with Crippen LogP contribution in [0.15, 0.2) is 53.8 Å². The van der Waals surface area contributed by atoms with Gasteiger partial charge in [0.05, 0.1) is 5.71 Å². The Balaban J connectivity index is 1.62. The third-order valence-electron chi connectivity index (χ3n) is 4.56. The number of rotatable bonds is 5. The van der Waals surface area contributed by atoms with Crippen molar-refractivity contribution in [2.24, 2.45) is 5.10 Å². The maximum absolute atomic E-state index is 12.4. The van der Waals surface area contributed by atoms with Gasteiger partial charge in [0.15, 0.2) is 5.65 Å². The Hall–Kier alpha value is -3.02. The van der Waals surface area contributed by atoms with Gasteiger partial charge in [0.1, 0.15) is 0 Å². The van der Waals surface area contributed by atoms with Gasteiger partial charge in [-0.15, -0.1) is 5.10 Å². The first-order chi connectivity index (χ1) is 12.7. The molecule has 3 aromatic rings. The van der Waals surface area contributed by atoms with E-state index in [1.54, 1.807) is 10.7 Å². The molecule has 4 rings (SSSR count). The van der Waals surface area contributed by atoms with Gasteiger partial charge in [-0.1, -0.05) is 43.7 Å². The number of aromatic nitrogens is 3. The minimum Gasteiger partial charge on any atom is -0.272 e. The van der Waals surface area contributed by atoms with Crippen LogP contribution in [0.3, 0.4) is 0 Å². The van der Waals surface area contributed by atoms with Crippen molar-refractivity contribution in [3.8, 4) is 0 Å². The van der Waals surface area contributed by atoms with Crippen LogP contribution in [-0.2, 0) is 11.2 Å². The second-order valence-corrected chi connectivity index (χ2v) is 6.47. The zero-order valence-electron chi connectivity index (χ0n) is 14.8. The van der Waals surface area contributed by atoms with Crippen molar-refractivity contribution in [2.75, 3.05) is 5.01 Å². The van der Waals surface area contributed by atoms with Crippen molar-refractivity contribution >= 4 is 23.2 Å². The van der Waals surface area contributed by atoms with Gasteiger partial charge in [0, 0.05) is 19.0 Å². The molecule has 0 aliphatic carbocycles. The van der Waals surface area contributed by atoms with Gasteiger partial charge < -0.3 is 0 Å². The number of hydrogen-bond donors (Lipinski definition) is 0. The van der Waals surface area contributed by atoms with Crippen LogP contribution < -0.4 is 5.01 Å². The Morgan fingerprint density at radius 1 is 1.08 bits per heavy atom. The van der Waals surface area contributed by atoms with Gasteiger partial charge in [-0.3, -0.25) is 4.79 Å². The highest BCUT2D eigenvalue weighted by Gasteiger charge is 2.25. The summed E-state index contributed by atoms with van der Waals surface area (Å²) in [6.07, 6.45) is 6.33. The third-order valence-corrected chi connectivity index (χ3v) is 4.56.